The smallest absolute Gasteiger partial charge is 0.341 e. The standard InChI is InChI=1S/C20H25N3O6S/c1-7-12(17(24)29-20(4,5)6)22-19(26)23-16-13(18(25)27-8-2)11(3)14(30-16)15-21-9-10-28-15/h7,9-10,12H,1,8H2,2-6H3,(H2,22,23,26)/t12-/m1/s1. The maximum Gasteiger partial charge on any atom is 0.341 e. The lowest BCUT2D eigenvalue weighted by molar-refractivity contribution is -0.155. The number of urea groups is 1. The highest BCUT2D eigenvalue weighted by atomic mass is 32.1. The number of aromatic nitrogens is 1. The van der Waals surface area contributed by atoms with Gasteiger partial charge in [0.05, 0.1) is 23.2 Å². The van der Waals surface area contributed by atoms with Gasteiger partial charge in [-0.25, -0.2) is 19.4 Å². The topological polar surface area (TPSA) is 120 Å². The number of carbonyl (C=O) groups is 3. The van der Waals surface area contributed by atoms with Crippen molar-refractivity contribution in [1.29, 1.82) is 0 Å². The first kappa shape index (κ1) is 23.1. The van der Waals surface area contributed by atoms with Crippen LogP contribution in [0.2, 0.25) is 0 Å². The maximum atomic E-state index is 12.5. The zero-order valence-electron chi connectivity index (χ0n) is 17.5. The van der Waals surface area contributed by atoms with E-state index in [0.717, 1.165) is 11.3 Å². The van der Waals surface area contributed by atoms with Gasteiger partial charge in [-0.05, 0) is 40.2 Å². The Morgan fingerprint density at radius 1 is 1.37 bits per heavy atom. The Morgan fingerprint density at radius 2 is 2.07 bits per heavy atom. The predicted octanol–water partition coefficient (Wildman–Crippen LogP) is 3.91. The summed E-state index contributed by atoms with van der Waals surface area (Å²) in [6.07, 6.45) is 4.15. The molecule has 0 spiro atoms. The van der Waals surface area contributed by atoms with Crippen LogP contribution in [0, 0.1) is 6.92 Å². The van der Waals surface area contributed by atoms with E-state index >= 15 is 0 Å². The van der Waals surface area contributed by atoms with Crippen molar-refractivity contribution in [3.8, 4) is 10.8 Å². The molecule has 9 nitrogen and oxygen atoms in total. The predicted molar refractivity (Wildman–Crippen MR) is 112 cm³/mol. The third-order valence-corrected chi connectivity index (χ3v) is 4.86. The molecular weight excluding hydrogens is 410 g/mol. The van der Waals surface area contributed by atoms with E-state index in [2.05, 4.69) is 22.2 Å². The van der Waals surface area contributed by atoms with Crippen molar-refractivity contribution in [2.24, 2.45) is 0 Å². The molecule has 2 N–H and O–H groups in total. The molecule has 10 heteroatoms. The van der Waals surface area contributed by atoms with Gasteiger partial charge in [0, 0.05) is 0 Å². The SMILES string of the molecule is C=C[C@@H](NC(=O)Nc1sc(-c2ncco2)c(C)c1C(=O)OCC)C(=O)OC(C)(C)C. The summed E-state index contributed by atoms with van der Waals surface area (Å²) in [7, 11) is 0. The summed E-state index contributed by atoms with van der Waals surface area (Å²) in [6, 6.07) is -1.78. The minimum absolute atomic E-state index is 0.172. The summed E-state index contributed by atoms with van der Waals surface area (Å²) in [4.78, 5) is 41.9. The van der Waals surface area contributed by atoms with Crippen LogP contribution in [0.1, 0.15) is 43.6 Å². The molecule has 2 heterocycles. The second-order valence-corrected chi connectivity index (χ2v) is 8.18. The molecule has 2 aromatic heterocycles. The highest BCUT2D eigenvalue weighted by molar-refractivity contribution is 7.20. The number of carbonyl (C=O) groups excluding carboxylic acids is 3. The molecule has 30 heavy (non-hydrogen) atoms. The molecular formula is C20H25N3O6S. The Labute approximate surface area is 178 Å². The highest BCUT2D eigenvalue weighted by Crippen LogP contribution is 2.39. The van der Waals surface area contributed by atoms with E-state index in [1.165, 1.54) is 18.5 Å². The zero-order chi connectivity index (χ0) is 22.5. The van der Waals surface area contributed by atoms with Crippen LogP contribution < -0.4 is 10.6 Å². The molecule has 0 aliphatic carbocycles. The quantitative estimate of drug-likeness (QED) is 0.500. The number of anilines is 1. The summed E-state index contributed by atoms with van der Waals surface area (Å²) in [5, 5.41) is 5.31. The van der Waals surface area contributed by atoms with Crippen molar-refractivity contribution in [2.75, 3.05) is 11.9 Å². The Bertz CT molecular complexity index is 927. The molecule has 2 rings (SSSR count). The summed E-state index contributed by atoms with van der Waals surface area (Å²) in [6.45, 7) is 12.3. The first-order valence-electron chi connectivity index (χ1n) is 9.20. The number of esters is 2. The second-order valence-electron chi connectivity index (χ2n) is 7.16. The van der Waals surface area contributed by atoms with E-state index in [1.54, 1.807) is 34.6 Å². The van der Waals surface area contributed by atoms with Crippen molar-refractivity contribution in [1.82, 2.24) is 10.3 Å². The van der Waals surface area contributed by atoms with Gasteiger partial charge in [0.15, 0.2) is 0 Å². The highest BCUT2D eigenvalue weighted by Gasteiger charge is 2.28. The molecule has 0 saturated carbocycles. The van der Waals surface area contributed by atoms with E-state index in [4.69, 9.17) is 13.9 Å². The second kappa shape index (κ2) is 9.57. The van der Waals surface area contributed by atoms with E-state index in [9.17, 15) is 14.4 Å². The number of nitrogens with zero attached hydrogens (tertiary/aromatic N) is 1. The maximum absolute atomic E-state index is 12.5. The lowest BCUT2D eigenvalue weighted by Crippen LogP contribution is -2.44. The third kappa shape index (κ3) is 5.69. The normalized spacial score (nSPS) is 12.0. The molecule has 0 aromatic carbocycles. The monoisotopic (exact) mass is 435 g/mol. The molecule has 0 aliphatic heterocycles. The number of oxazole rings is 1. The molecule has 0 saturated heterocycles. The van der Waals surface area contributed by atoms with Crippen molar-refractivity contribution in [3.05, 3.63) is 36.2 Å². The van der Waals surface area contributed by atoms with Gasteiger partial charge >= 0.3 is 18.0 Å². The van der Waals surface area contributed by atoms with Crippen LogP contribution in [0.3, 0.4) is 0 Å². The molecule has 0 fully saturated rings. The average Bonchev–Trinajstić information content (AvgIpc) is 3.26. The lowest BCUT2D eigenvalue weighted by atomic mass is 10.1. The average molecular weight is 436 g/mol. The van der Waals surface area contributed by atoms with E-state index in [1.807, 2.05) is 0 Å². The molecule has 162 valence electrons. The molecule has 2 amide bonds. The number of hydrogen-bond acceptors (Lipinski definition) is 8. The third-order valence-electron chi connectivity index (χ3n) is 3.66. The van der Waals surface area contributed by atoms with Gasteiger partial charge in [-0.3, -0.25) is 5.32 Å². The largest absolute Gasteiger partial charge is 0.462 e. The number of hydrogen-bond donors (Lipinski definition) is 2. The van der Waals surface area contributed by atoms with Crippen LogP contribution >= 0.6 is 11.3 Å². The summed E-state index contributed by atoms with van der Waals surface area (Å²) in [5.41, 5.74) is 0.0323. The minimum Gasteiger partial charge on any atom is -0.462 e. The van der Waals surface area contributed by atoms with Crippen molar-refractivity contribution < 1.29 is 28.3 Å². The Balaban J connectivity index is 2.26. The molecule has 0 bridgehead atoms. The molecule has 0 radical (unpaired) electrons. The van der Waals surface area contributed by atoms with Gasteiger partial charge in [-0.2, -0.15) is 0 Å². The van der Waals surface area contributed by atoms with Gasteiger partial charge in [0.2, 0.25) is 5.89 Å². The van der Waals surface area contributed by atoms with Crippen LogP contribution in [0.5, 0.6) is 0 Å². The van der Waals surface area contributed by atoms with Gasteiger partial charge in [0.1, 0.15) is 22.9 Å². The van der Waals surface area contributed by atoms with E-state index < -0.39 is 29.6 Å². The van der Waals surface area contributed by atoms with Gasteiger partial charge < -0.3 is 19.2 Å². The zero-order valence-corrected chi connectivity index (χ0v) is 18.3. The molecule has 0 unspecified atom stereocenters. The number of thiophene rings is 1. The molecule has 1 atom stereocenters. The lowest BCUT2D eigenvalue weighted by Gasteiger charge is -2.23. The number of rotatable bonds is 7. The molecule has 2 aromatic rings. The number of nitrogens with one attached hydrogen (secondary N) is 2. The van der Waals surface area contributed by atoms with Crippen molar-refractivity contribution in [3.63, 3.8) is 0 Å². The fraction of sp³-hybridized carbons (Fsp3) is 0.400. The van der Waals surface area contributed by atoms with E-state index in [-0.39, 0.29) is 17.2 Å². The van der Waals surface area contributed by atoms with Crippen molar-refractivity contribution >= 4 is 34.3 Å². The van der Waals surface area contributed by atoms with Crippen LogP contribution in [-0.2, 0) is 14.3 Å². The Morgan fingerprint density at radius 3 is 2.60 bits per heavy atom. The van der Waals surface area contributed by atoms with Crippen molar-refractivity contribution in [2.45, 2.75) is 46.3 Å². The fourth-order valence-electron chi connectivity index (χ4n) is 2.45. The fourth-order valence-corrected chi connectivity index (χ4v) is 3.58. The Kier molecular flexibility index (Phi) is 7.38. The minimum atomic E-state index is -1.07. The first-order chi connectivity index (χ1) is 14.1. The van der Waals surface area contributed by atoms with Crippen LogP contribution in [0.15, 0.2) is 29.5 Å². The summed E-state index contributed by atoms with van der Waals surface area (Å²) in [5.74, 6) is -0.929. The van der Waals surface area contributed by atoms with E-state index in [0.29, 0.717) is 16.3 Å². The number of ether oxygens (including phenoxy) is 2. The van der Waals surface area contributed by atoms with Gasteiger partial charge in [0.25, 0.3) is 0 Å². The van der Waals surface area contributed by atoms with Gasteiger partial charge in [-0.15, -0.1) is 17.9 Å². The van der Waals surface area contributed by atoms with Crippen LogP contribution in [0.4, 0.5) is 9.80 Å². The first-order valence-corrected chi connectivity index (χ1v) is 10.0. The molecule has 0 aliphatic rings. The Hall–Kier alpha value is -3.14. The number of amides is 2. The van der Waals surface area contributed by atoms with Crippen LogP contribution in [-0.4, -0.2) is 41.2 Å². The summed E-state index contributed by atoms with van der Waals surface area (Å²) >= 11 is 1.11. The van der Waals surface area contributed by atoms with Crippen LogP contribution in [0.25, 0.3) is 10.8 Å². The summed E-state index contributed by atoms with van der Waals surface area (Å²) < 4.78 is 15.7. The van der Waals surface area contributed by atoms with Gasteiger partial charge in [-0.1, -0.05) is 6.08 Å².